The van der Waals surface area contributed by atoms with Gasteiger partial charge >= 0.3 is 0 Å². The second-order valence-electron chi connectivity index (χ2n) is 6.73. The lowest BCUT2D eigenvalue weighted by atomic mass is 9.95. The van der Waals surface area contributed by atoms with Crippen LogP contribution < -0.4 is 9.47 Å². The van der Waals surface area contributed by atoms with Crippen LogP contribution in [-0.2, 0) is 16.1 Å². The number of carbonyl (C=O) groups excluding carboxylic acids is 1. The van der Waals surface area contributed by atoms with E-state index < -0.39 is 0 Å². The van der Waals surface area contributed by atoms with E-state index in [1.54, 1.807) is 39.5 Å². The molecule has 0 saturated carbocycles. The first-order chi connectivity index (χ1) is 14.2. The highest BCUT2D eigenvalue weighted by Gasteiger charge is 2.28. The molecule has 1 aromatic heterocycles. The van der Waals surface area contributed by atoms with Gasteiger partial charge in [-0.05, 0) is 31.0 Å². The number of hydrogen-bond donors (Lipinski definition) is 0. The van der Waals surface area contributed by atoms with Crippen LogP contribution in [0.1, 0.15) is 40.8 Å². The van der Waals surface area contributed by atoms with Gasteiger partial charge < -0.3 is 28.4 Å². The van der Waals surface area contributed by atoms with Gasteiger partial charge in [-0.2, -0.15) is 4.98 Å². The number of nitrogens with zero attached hydrogens (tertiary/aromatic N) is 3. The van der Waals surface area contributed by atoms with Crippen LogP contribution in [0.4, 0.5) is 0 Å². The molecule has 1 aliphatic rings. The molecule has 9 heteroatoms. The number of aromatic nitrogens is 2. The highest BCUT2D eigenvalue weighted by Crippen LogP contribution is 2.30. The summed E-state index contributed by atoms with van der Waals surface area (Å²) in [5.74, 6) is 2.42. The van der Waals surface area contributed by atoms with E-state index in [0.29, 0.717) is 55.1 Å². The molecule has 0 unspecified atom stereocenters. The van der Waals surface area contributed by atoms with E-state index in [2.05, 4.69) is 10.1 Å². The molecular formula is C20H27N3O6. The lowest BCUT2D eigenvalue weighted by Crippen LogP contribution is -2.38. The normalized spacial score (nSPS) is 14.8. The van der Waals surface area contributed by atoms with Gasteiger partial charge in [0.2, 0.25) is 0 Å². The SMILES string of the molecule is COCCOCc1nc(C2CCN(C(=O)c3ccc(OC)c(OC)c3)CC2)no1. The Bertz CT molecular complexity index is 801. The number of hydrogen-bond acceptors (Lipinski definition) is 8. The highest BCUT2D eigenvalue weighted by molar-refractivity contribution is 5.95. The Morgan fingerprint density at radius 1 is 1.14 bits per heavy atom. The molecule has 1 aromatic carbocycles. The van der Waals surface area contributed by atoms with E-state index in [-0.39, 0.29) is 18.4 Å². The van der Waals surface area contributed by atoms with Crippen molar-refractivity contribution < 1.29 is 28.3 Å². The van der Waals surface area contributed by atoms with Crippen molar-refractivity contribution in [1.29, 1.82) is 0 Å². The van der Waals surface area contributed by atoms with E-state index in [9.17, 15) is 4.79 Å². The molecule has 0 aliphatic carbocycles. The summed E-state index contributed by atoms with van der Waals surface area (Å²) in [6, 6.07) is 5.21. The first-order valence-electron chi connectivity index (χ1n) is 9.56. The number of benzene rings is 1. The van der Waals surface area contributed by atoms with Crippen molar-refractivity contribution >= 4 is 5.91 Å². The molecule has 0 N–H and O–H groups in total. The Hall–Kier alpha value is -2.65. The quantitative estimate of drug-likeness (QED) is 0.586. The van der Waals surface area contributed by atoms with Crippen molar-refractivity contribution in [1.82, 2.24) is 15.0 Å². The molecule has 1 amide bonds. The second-order valence-corrected chi connectivity index (χ2v) is 6.73. The summed E-state index contributed by atoms with van der Waals surface area (Å²) < 4.78 is 26.1. The predicted octanol–water partition coefficient (Wildman–Crippen LogP) is 2.27. The average molecular weight is 405 g/mol. The van der Waals surface area contributed by atoms with Crippen molar-refractivity contribution in [2.45, 2.75) is 25.4 Å². The smallest absolute Gasteiger partial charge is 0.253 e. The molecule has 1 aliphatic heterocycles. The third-order valence-corrected chi connectivity index (χ3v) is 4.92. The Kier molecular flexibility index (Phi) is 7.42. The maximum atomic E-state index is 12.8. The number of ether oxygens (including phenoxy) is 4. The lowest BCUT2D eigenvalue weighted by molar-refractivity contribution is 0.0494. The molecule has 3 rings (SSSR count). The molecule has 1 saturated heterocycles. The first kappa shape index (κ1) is 21.1. The molecule has 1 fully saturated rings. The number of carbonyl (C=O) groups is 1. The van der Waals surface area contributed by atoms with Crippen molar-refractivity contribution in [3.8, 4) is 11.5 Å². The van der Waals surface area contributed by atoms with Crippen LogP contribution in [0, 0.1) is 0 Å². The Balaban J connectivity index is 1.54. The minimum atomic E-state index is -0.0234. The van der Waals surface area contributed by atoms with Crippen LogP contribution in [0.15, 0.2) is 22.7 Å². The summed E-state index contributed by atoms with van der Waals surface area (Å²) in [6.07, 6.45) is 1.56. The van der Waals surface area contributed by atoms with Crippen LogP contribution in [0.2, 0.25) is 0 Å². The highest BCUT2D eigenvalue weighted by atomic mass is 16.5. The second kappa shape index (κ2) is 10.2. The van der Waals surface area contributed by atoms with Gasteiger partial charge in [0.05, 0.1) is 27.4 Å². The first-order valence-corrected chi connectivity index (χ1v) is 9.56. The largest absolute Gasteiger partial charge is 0.493 e. The molecule has 0 bridgehead atoms. The van der Waals surface area contributed by atoms with Gasteiger partial charge in [0, 0.05) is 31.7 Å². The molecule has 2 aromatic rings. The van der Waals surface area contributed by atoms with Gasteiger partial charge in [-0.25, -0.2) is 0 Å². The zero-order valence-electron chi connectivity index (χ0n) is 17.1. The van der Waals surface area contributed by atoms with E-state index >= 15 is 0 Å². The molecule has 0 atom stereocenters. The summed E-state index contributed by atoms with van der Waals surface area (Å²) in [5.41, 5.74) is 0.580. The minimum absolute atomic E-state index is 0.0234. The zero-order chi connectivity index (χ0) is 20.6. The van der Waals surface area contributed by atoms with Crippen LogP contribution in [0.25, 0.3) is 0 Å². The fourth-order valence-corrected chi connectivity index (χ4v) is 3.29. The van der Waals surface area contributed by atoms with Crippen LogP contribution in [0.3, 0.4) is 0 Å². The fraction of sp³-hybridized carbons (Fsp3) is 0.550. The topological polar surface area (TPSA) is 96.2 Å². The van der Waals surface area contributed by atoms with Gasteiger partial charge in [0.25, 0.3) is 11.8 Å². The molecule has 29 heavy (non-hydrogen) atoms. The number of methoxy groups -OCH3 is 3. The Labute approximate surface area is 169 Å². The Morgan fingerprint density at radius 3 is 2.59 bits per heavy atom. The van der Waals surface area contributed by atoms with Gasteiger partial charge in [0.15, 0.2) is 17.3 Å². The fourth-order valence-electron chi connectivity index (χ4n) is 3.29. The summed E-state index contributed by atoms with van der Waals surface area (Å²) in [4.78, 5) is 19.1. The van der Waals surface area contributed by atoms with Gasteiger partial charge in [0.1, 0.15) is 6.61 Å². The van der Waals surface area contributed by atoms with Crippen molar-refractivity contribution in [2.75, 3.05) is 47.6 Å². The maximum absolute atomic E-state index is 12.8. The third kappa shape index (κ3) is 5.24. The molecule has 2 heterocycles. The molecule has 158 valence electrons. The van der Waals surface area contributed by atoms with Gasteiger partial charge in [-0.1, -0.05) is 5.16 Å². The average Bonchev–Trinajstić information content (AvgIpc) is 3.25. The number of amides is 1. The maximum Gasteiger partial charge on any atom is 0.253 e. The molecule has 9 nitrogen and oxygen atoms in total. The molecular weight excluding hydrogens is 378 g/mol. The monoisotopic (exact) mass is 405 g/mol. The Morgan fingerprint density at radius 2 is 1.90 bits per heavy atom. The van der Waals surface area contributed by atoms with E-state index in [1.165, 1.54) is 0 Å². The van der Waals surface area contributed by atoms with Crippen LogP contribution >= 0.6 is 0 Å². The number of likely N-dealkylation sites (tertiary alicyclic amines) is 1. The zero-order valence-corrected chi connectivity index (χ0v) is 17.1. The van der Waals surface area contributed by atoms with E-state index in [1.807, 2.05) is 4.90 Å². The summed E-state index contributed by atoms with van der Waals surface area (Å²) >= 11 is 0. The number of piperidine rings is 1. The van der Waals surface area contributed by atoms with E-state index in [4.69, 9.17) is 23.5 Å². The summed E-state index contributed by atoms with van der Waals surface area (Å²) in [7, 11) is 4.75. The van der Waals surface area contributed by atoms with Crippen LogP contribution in [-0.4, -0.2) is 68.6 Å². The van der Waals surface area contributed by atoms with Gasteiger partial charge in [-0.15, -0.1) is 0 Å². The van der Waals surface area contributed by atoms with Crippen LogP contribution in [0.5, 0.6) is 11.5 Å². The number of rotatable bonds is 9. The molecule has 0 radical (unpaired) electrons. The van der Waals surface area contributed by atoms with Gasteiger partial charge in [-0.3, -0.25) is 4.79 Å². The van der Waals surface area contributed by atoms with Crippen molar-refractivity contribution in [3.05, 3.63) is 35.5 Å². The summed E-state index contributed by atoms with van der Waals surface area (Å²) in [5, 5.41) is 4.08. The third-order valence-electron chi connectivity index (χ3n) is 4.92. The van der Waals surface area contributed by atoms with Crippen molar-refractivity contribution in [2.24, 2.45) is 0 Å². The standard InChI is InChI=1S/C20H27N3O6/c1-25-10-11-28-13-18-21-19(22-29-18)14-6-8-23(9-7-14)20(24)15-4-5-16(26-2)17(12-15)27-3/h4-5,12,14H,6-11,13H2,1-3H3. The predicted molar refractivity (Wildman–Crippen MR) is 103 cm³/mol. The lowest BCUT2D eigenvalue weighted by Gasteiger charge is -2.30. The minimum Gasteiger partial charge on any atom is -0.493 e. The molecule has 0 spiro atoms. The van der Waals surface area contributed by atoms with E-state index in [0.717, 1.165) is 12.8 Å². The van der Waals surface area contributed by atoms with Crippen molar-refractivity contribution in [3.63, 3.8) is 0 Å². The summed E-state index contributed by atoms with van der Waals surface area (Å²) in [6.45, 7) is 2.53.